The molecule has 0 saturated carbocycles. The second kappa shape index (κ2) is 5.65. The molecule has 4 heteroatoms. The lowest BCUT2D eigenvalue weighted by atomic mass is 10.5. The lowest BCUT2D eigenvalue weighted by Gasteiger charge is -1.89. The van der Waals surface area contributed by atoms with Gasteiger partial charge < -0.3 is 0 Å². The van der Waals surface area contributed by atoms with Crippen LogP contribution in [0.1, 0.15) is 13.8 Å². The summed E-state index contributed by atoms with van der Waals surface area (Å²) in [6.07, 6.45) is 0. The Hall–Kier alpha value is 0.0400. The first-order chi connectivity index (χ1) is 5.79. The number of thioether (sulfide) groups is 2. The van der Waals surface area contributed by atoms with Gasteiger partial charge in [0.25, 0.3) is 0 Å². The molecule has 68 valence electrons. The summed E-state index contributed by atoms with van der Waals surface area (Å²) in [7, 11) is 0. The van der Waals surface area contributed by atoms with E-state index in [1.165, 1.54) is 10.8 Å². The van der Waals surface area contributed by atoms with Gasteiger partial charge in [-0.2, -0.15) is 0 Å². The molecule has 2 aliphatic rings. The number of rotatable bonds is 0. The molecule has 0 N–H and O–H groups in total. The van der Waals surface area contributed by atoms with Crippen molar-refractivity contribution in [3.05, 3.63) is 0 Å². The van der Waals surface area contributed by atoms with Crippen molar-refractivity contribution < 1.29 is 0 Å². The fourth-order valence-corrected chi connectivity index (χ4v) is 2.04. The van der Waals surface area contributed by atoms with E-state index in [-0.39, 0.29) is 0 Å². The molecular weight excluding hydrogens is 188 g/mol. The minimum absolute atomic E-state index is 0.741. The second-order valence-electron chi connectivity index (χ2n) is 2.67. The molecule has 0 saturated heterocycles. The zero-order valence-corrected chi connectivity index (χ0v) is 9.12. The molecule has 0 spiro atoms. The molecule has 0 aromatic carbocycles. The molecule has 2 nitrogen and oxygen atoms in total. The number of aliphatic imine (C=N–C) groups is 2. The Morgan fingerprint density at radius 3 is 2.58 bits per heavy atom. The predicted octanol–water partition coefficient (Wildman–Crippen LogP) is 2.30. The van der Waals surface area contributed by atoms with Gasteiger partial charge >= 0.3 is 0 Å². The van der Waals surface area contributed by atoms with Gasteiger partial charge in [0.2, 0.25) is 0 Å². The first-order valence-corrected chi connectivity index (χ1v) is 5.99. The van der Waals surface area contributed by atoms with Gasteiger partial charge in [-0.25, -0.2) is 0 Å². The van der Waals surface area contributed by atoms with E-state index in [0.717, 1.165) is 18.3 Å². The average molecular weight is 202 g/mol. The summed E-state index contributed by atoms with van der Waals surface area (Å²) in [5, 5.41) is 1.99. The molecule has 1 unspecified atom stereocenters. The Kier molecular flexibility index (Phi) is 4.76. The van der Waals surface area contributed by atoms with Crippen LogP contribution in [0.3, 0.4) is 0 Å². The quantitative estimate of drug-likeness (QED) is 0.602. The molecule has 12 heavy (non-hydrogen) atoms. The molecule has 2 aliphatic heterocycles. The Labute approximate surface area is 82.3 Å². The highest BCUT2D eigenvalue weighted by atomic mass is 32.2. The normalized spacial score (nSPS) is 26.5. The molecule has 0 aliphatic carbocycles. The van der Waals surface area contributed by atoms with Crippen molar-refractivity contribution >= 4 is 34.1 Å². The van der Waals surface area contributed by atoms with Crippen LogP contribution in [0.2, 0.25) is 0 Å². The van der Waals surface area contributed by atoms with Crippen molar-refractivity contribution in [2.24, 2.45) is 9.98 Å². The number of hydrogen-bond donors (Lipinski definition) is 0. The Morgan fingerprint density at radius 1 is 1.58 bits per heavy atom. The van der Waals surface area contributed by atoms with E-state index >= 15 is 0 Å². The van der Waals surface area contributed by atoms with Crippen LogP contribution < -0.4 is 0 Å². The van der Waals surface area contributed by atoms with E-state index in [9.17, 15) is 0 Å². The van der Waals surface area contributed by atoms with Crippen LogP contribution in [0, 0.1) is 0 Å². The van der Waals surface area contributed by atoms with Crippen molar-refractivity contribution in [3.63, 3.8) is 0 Å². The first-order valence-electron chi connectivity index (χ1n) is 4.06. The Bertz CT molecular complexity index is 181. The van der Waals surface area contributed by atoms with E-state index in [1.807, 2.05) is 17.3 Å². The maximum Gasteiger partial charge on any atom is 0.0645 e. The SMILES string of the molecule is CC1=NCCS1.CC1CN=CS1. The third-order valence-corrected chi connectivity index (χ3v) is 3.28. The molecule has 2 rings (SSSR count). The van der Waals surface area contributed by atoms with Crippen LogP contribution >= 0.6 is 23.5 Å². The van der Waals surface area contributed by atoms with Gasteiger partial charge in [-0.1, -0.05) is 6.92 Å². The maximum absolute atomic E-state index is 4.12. The molecule has 0 bridgehead atoms. The van der Waals surface area contributed by atoms with Gasteiger partial charge in [0.05, 0.1) is 17.1 Å². The minimum atomic E-state index is 0.741. The average Bonchev–Trinajstić information content (AvgIpc) is 2.63. The standard InChI is InChI=1S/2C4H7NS/c1-4-2-5-3-6-4;1-4-5-2-3-6-4/h3-4H,2H2,1H3;2-3H2,1H3. The van der Waals surface area contributed by atoms with Crippen LogP contribution in [0.4, 0.5) is 0 Å². The van der Waals surface area contributed by atoms with Crippen molar-refractivity contribution in [1.29, 1.82) is 0 Å². The van der Waals surface area contributed by atoms with Crippen LogP contribution in [0.5, 0.6) is 0 Å². The second-order valence-corrected chi connectivity index (χ2v) is 5.24. The van der Waals surface area contributed by atoms with Crippen molar-refractivity contribution in [1.82, 2.24) is 0 Å². The molecule has 0 radical (unpaired) electrons. The van der Waals surface area contributed by atoms with Gasteiger partial charge in [0, 0.05) is 17.5 Å². The molecule has 0 amide bonds. The Morgan fingerprint density at radius 2 is 2.42 bits per heavy atom. The van der Waals surface area contributed by atoms with Crippen LogP contribution in [0.25, 0.3) is 0 Å². The zero-order chi connectivity index (χ0) is 8.81. The fourth-order valence-electron chi connectivity index (χ4n) is 0.824. The monoisotopic (exact) mass is 202 g/mol. The smallest absolute Gasteiger partial charge is 0.0645 e. The van der Waals surface area contributed by atoms with Crippen molar-refractivity contribution in [3.8, 4) is 0 Å². The van der Waals surface area contributed by atoms with E-state index in [2.05, 4.69) is 23.8 Å². The first kappa shape index (κ1) is 10.1. The van der Waals surface area contributed by atoms with E-state index in [1.54, 1.807) is 11.8 Å². The van der Waals surface area contributed by atoms with Gasteiger partial charge in [0.15, 0.2) is 0 Å². The zero-order valence-electron chi connectivity index (χ0n) is 7.49. The van der Waals surface area contributed by atoms with Gasteiger partial charge in [-0.05, 0) is 6.92 Å². The lowest BCUT2D eigenvalue weighted by molar-refractivity contribution is 0.978. The van der Waals surface area contributed by atoms with Crippen LogP contribution in [-0.4, -0.2) is 34.7 Å². The topological polar surface area (TPSA) is 24.7 Å². The summed E-state index contributed by atoms with van der Waals surface area (Å²) < 4.78 is 0. The van der Waals surface area contributed by atoms with Gasteiger partial charge in [0.1, 0.15) is 0 Å². The number of hydrogen-bond acceptors (Lipinski definition) is 4. The summed E-state index contributed by atoms with van der Waals surface area (Å²) in [6, 6.07) is 0. The van der Waals surface area contributed by atoms with E-state index < -0.39 is 0 Å². The largest absolute Gasteiger partial charge is 0.285 e. The third kappa shape index (κ3) is 4.16. The molecular formula is C8H14N2S2. The van der Waals surface area contributed by atoms with Crippen LogP contribution in [-0.2, 0) is 0 Å². The highest BCUT2D eigenvalue weighted by Crippen LogP contribution is 2.12. The highest BCUT2D eigenvalue weighted by molar-refractivity contribution is 8.14. The summed E-state index contributed by atoms with van der Waals surface area (Å²) >= 11 is 3.65. The summed E-state index contributed by atoms with van der Waals surface area (Å²) in [5.74, 6) is 1.20. The third-order valence-electron chi connectivity index (χ3n) is 1.47. The molecule has 0 fully saturated rings. The van der Waals surface area contributed by atoms with Gasteiger partial charge in [-0.3, -0.25) is 9.98 Å². The number of nitrogens with zero attached hydrogens (tertiary/aromatic N) is 2. The van der Waals surface area contributed by atoms with E-state index in [0.29, 0.717) is 0 Å². The lowest BCUT2D eigenvalue weighted by Crippen LogP contribution is -1.91. The minimum Gasteiger partial charge on any atom is -0.285 e. The molecule has 0 aromatic heterocycles. The van der Waals surface area contributed by atoms with Crippen molar-refractivity contribution in [2.45, 2.75) is 19.1 Å². The maximum atomic E-state index is 4.12. The van der Waals surface area contributed by atoms with Crippen LogP contribution in [0.15, 0.2) is 9.98 Å². The summed E-state index contributed by atoms with van der Waals surface area (Å²) in [5.41, 5.74) is 1.92. The predicted molar refractivity (Wildman–Crippen MR) is 60.8 cm³/mol. The summed E-state index contributed by atoms with van der Waals surface area (Å²) in [6.45, 7) is 6.29. The Balaban J connectivity index is 0.000000120. The van der Waals surface area contributed by atoms with Gasteiger partial charge in [-0.15, -0.1) is 23.5 Å². The molecule has 2 heterocycles. The molecule has 0 aromatic rings. The molecule has 1 atom stereocenters. The highest BCUT2D eigenvalue weighted by Gasteiger charge is 2.02. The van der Waals surface area contributed by atoms with Crippen molar-refractivity contribution in [2.75, 3.05) is 18.8 Å². The fraction of sp³-hybridized carbons (Fsp3) is 0.750. The van der Waals surface area contributed by atoms with E-state index in [4.69, 9.17) is 0 Å². The summed E-state index contributed by atoms with van der Waals surface area (Å²) in [4.78, 5) is 8.12.